The lowest BCUT2D eigenvalue weighted by atomic mass is 9.96. The van der Waals surface area contributed by atoms with E-state index >= 15 is 0 Å². The maximum absolute atomic E-state index is 10.4. The van der Waals surface area contributed by atoms with Crippen LogP contribution >= 0.6 is 0 Å². The van der Waals surface area contributed by atoms with Crippen LogP contribution in [0.4, 0.5) is 0 Å². The van der Waals surface area contributed by atoms with Crippen molar-refractivity contribution < 1.29 is 29.2 Å². The molecular formula is C22H26O6. The minimum atomic E-state index is -1.30. The lowest BCUT2D eigenvalue weighted by Crippen LogP contribution is -2.50. The molecule has 28 heavy (non-hydrogen) atoms. The van der Waals surface area contributed by atoms with Crippen LogP contribution in [-0.4, -0.2) is 53.3 Å². The van der Waals surface area contributed by atoms with Gasteiger partial charge in [-0.3, -0.25) is 0 Å². The number of ether oxygens (including phenoxy) is 4. The fraction of sp³-hybridized carbons (Fsp3) is 0.455. The topological polar surface area (TPSA) is 77.4 Å². The summed E-state index contributed by atoms with van der Waals surface area (Å²) in [5.74, 6) is -0.922. The summed E-state index contributed by atoms with van der Waals surface area (Å²) in [6.45, 7) is 3.28. The number of hydrogen-bond donors (Lipinski definition) is 2. The zero-order valence-corrected chi connectivity index (χ0v) is 16.0. The van der Waals surface area contributed by atoms with Gasteiger partial charge in [0.05, 0.1) is 13.2 Å². The summed E-state index contributed by atoms with van der Waals surface area (Å²) in [7, 11) is 0. The normalized spacial score (nSPS) is 31.2. The molecule has 2 aromatic rings. The lowest BCUT2D eigenvalue weighted by molar-refractivity contribution is -0.255. The fourth-order valence-corrected chi connectivity index (χ4v) is 4.04. The molecule has 0 aromatic heterocycles. The van der Waals surface area contributed by atoms with Gasteiger partial charge in [-0.1, -0.05) is 60.7 Å². The first-order valence-electron chi connectivity index (χ1n) is 9.49. The summed E-state index contributed by atoms with van der Waals surface area (Å²) in [5.41, 5.74) is 0.737. The van der Waals surface area contributed by atoms with Gasteiger partial charge in [0, 0.05) is 0 Å². The molecule has 2 fully saturated rings. The highest BCUT2D eigenvalue weighted by atomic mass is 16.8. The highest BCUT2D eigenvalue weighted by Gasteiger charge is 2.65. The van der Waals surface area contributed by atoms with Gasteiger partial charge in [-0.2, -0.15) is 0 Å². The average Bonchev–Trinajstić information content (AvgIpc) is 3.13. The fourth-order valence-electron chi connectivity index (χ4n) is 4.04. The molecular weight excluding hydrogens is 360 g/mol. The molecule has 1 unspecified atom stereocenters. The van der Waals surface area contributed by atoms with Gasteiger partial charge < -0.3 is 29.2 Å². The number of fused-ring (bicyclic) bond motifs is 1. The second kappa shape index (κ2) is 7.55. The smallest absolute Gasteiger partial charge is 0.189 e. The Bertz CT molecular complexity index is 741. The van der Waals surface area contributed by atoms with E-state index in [1.807, 2.05) is 60.7 Å². The third-order valence-electron chi connectivity index (χ3n) is 5.27. The molecule has 2 aliphatic heterocycles. The Balaban J connectivity index is 1.55. The minimum absolute atomic E-state index is 0.178. The molecule has 2 heterocycles. The van der Waals surface area contributed by atoms with Gasteiger partial charge in [-0.25, -0.2) is 0 Å². The quantitative estimate of drug-likeness (QED) is 0.794. The van der Waals surface area contributed by atoms with Crippen LogP contribution in [0.3, 0.4) is 0 Å². The third-order valence-corrected chi connectivity index (χ3v) is 5.27. The number of benzene rings is 2. The van der Waals surface area contributed by atoms with Gasteiger partial charge in [0.1, 0.15) is 18.3 Å². The molecule has 0 spiro atoms. The zero-order valence-electron chi connectivity index (χ0n) is 16.0. The number of rotatable bonds is 6. The lowest BCUT2D eigenvalue weighted by Gasteiger charge is -2.27. The highest BCUT2D eigenvalue weighted by Crippen LogP contribution is 2.46. The van der Waals surface area contributed by atoms with Crippen LogP contribution in [0.2, 0.25) is 0 Å². The summed E-state index contributed by atoms with van der Waals surface area (Å²) in [4.78, 5) is 0. The van der Waals surface area contributed by atoms with Crippen LogP contribution in [0.5, 0.6) is 0 Å². The summed E-state index contributed by atoms with van der Waals surface area (Å²) in [5, 5.41) is 20.3. The second-order valence-corrected chi connectivity index (χ2v) is 7.72. The number of hydrogen-bond acceptors (Lipinski definition) is 6. The summed E-state index contributed by atoms with van der Waals surface area (Å²) in [6.07, 6.45) is -2.78. The van der Waals surface area contributed by atoms with E-state index in [1.165, 1.54) is 0 Å². The van der Waals surface area contributed by atoms with Crippen molar-refractivity contribution in [3.05, 3.63) is 71.8 Å². The van der Waals surface area contributed by atoms with Crippen molar-refractivity contribution in [2.24, 2.45) is 0 Å². The van der Waals surface area contributed by atoms with Crippen molar-refractivity contribution >= 4 is 0 Å². The molecule has 0 saturated carbocycles. The van der Waals surface area contributed by atoms with Crippen molar-refractivity contribution in [1.82, 2.24) is 0 Å². The maximum atomic E-state index is 10.4. The Labute approximate surface area is 164 Å². The average molecular weight is 386 g/mol. The van der Waals surface area contributed by atoms with E-state index in [4.69, 9.17) is 18.9 Å². The van der Waals surface area contributed by atoms with Gasteiger partial charge in [-0.05, 0) is 25.0 Å². The number of aliphatic hydroxyl groups excluding tert-OH is 2. The van der Waals surface area contributed by atoms with Crippen LogP contribution < -0.4 is 0 Å². The van der Waals surface area contributed by atoms with E-state index < -0.39 is 36.5 Å². The molecule has 6 heteroatoms. The largest absolute Gasteiger partial charge is 0.393 e. The van der Waals surface area contributed by atoms with Crippen LogP contribution in [0.1, 0.15) is 31.1 Å². The minimum Gasteiger partial charge on any atom is -0.393 e. The molecule has 4 atom stereocenters. The van der Waals surface area contributed by atoms with Gasteiger partial charge in [0.15, 0.2) is 17.7 Å². The first-order chi connectivity index (χ1) is 13.5. The van der Waals surface area contributed by atoms with Crippen LogP contribution in [0, 0.1) is 0 Å². The molecule has 2 N–H and O–H groups in total. The standard InChI is InChI=1S/C22H26O6/c1-21(2)27-19-17(26-20(24)22(19,14-23)28-21)13-25-18(15-9-5-3-6-10-15)16-11-7-4-8-12-16/h3-12,17-20,23-24H,13-14H2,1-2H3/t17-,19+,20?,22+/m0/s1. The Morgan fingerprint density at radius 3 is 2.11 bits per heavy atom. The van der Waals surface area contributed by atoms with E-state index in [9.17, 15) is 10.2 Å². The van der Waals surface area contributed by atoms with Gasteiger partial charge in [0.2, 0.25) is 0 Å². The van der Waals surface area contributed by atoms with Crippen molar-refractivity contribution in [3.8, 4) is 0 Å². The highest BCUT2D eigenvalue weighted by molar-refractivity contribution is 5.30. The molecule has 4 rings (SSSR count). The zero-order chi connectivity index (χ0) is 19.8. The molecule has 0 amide bonds. The first-order valence-corrected chi connectivity index (χ1v) is 9.49. The Hall–Kier alpha value is -1.80. The summed E-state index contributed by atoms with van der Waals surface area (Å²) >= 11 is 0. The van der Waals surface area contributed by atoms with Crippen molar-refractivity contribution in [2.75, 3.05) is 13.2 Å². The van der Waals surface area contributed by atoms with E-state index in [2.05, 4.69) is 0 Å². The third kappa shape index (κ3) is 3.48. The van der Waals surface area contributed by atoms with Crippen LogP contribution in [0.15, 0.2) is 60.7 Å². The van der Waals surface area contributed by atoms with E-state index in [0.717, 1.165) is 11.1 Å². The Morgan fingerprint density at radius 1 is 1.00 bits per heavy atom. The van der Waals surface area contributed by atoms with Crippen molar-refractivity contribution in [2.45, 2.75) is 49.8 Å². The molecule has 2 aromatic carbocycles. The van der Waals surface area contributed by atoms with Crippen LogP contribution in [0.25, 0.3) is 0 Å². The molecule has 2 aliphatic rings. The summed E-state index contributed by atoms with van der Waals surface area (Å²) < 4.78 is 23.7. The monoisotopic (exact) mass is 386 g/mol. The van der Waals surface area contributed by atoms with Gasteiger partial charge in [0.25, 0.3) is 0 Å². The van der Waals surface area contributed by atoms with Gasteiger partial charge in [-0.15, -0.1) is 0 Å². The molecule has 6 nitrogen and oxygen atoms in total. The van der Waals surface area contributed by atoms with Crippen molar-refractivity contribution in [1.29, 1.82) is 0 Å². The SMILES string of the molecule is CC1(C)O[C@@H]2[C@H](COC(c3ccccc3)c3ccccc3)OC(O)[C@]2(CO)O1. The molecule has 150 valence electrons. The summed E-state index contributed by atoms with van der Waals surface area (Å²) in [6, 6.07) is 19.9. The predicted octanol–water partition coefficient (Wildman–Crippen LogP) is 2.39. The van der Waals surface area contributed by atoms with E-state index in [-0.39, 0.29) is 12.7 Å². The van der Waals surface area contributed by atoms with Crippen LogP contribution in [-0.2, 0) is 18.9 Å². The predicted molar refractivity (Wildman–Crippen MR) is 101 cm³/mol. The Morgan fingerprint density at radius 2 is 1.57 bits per heavy atom. The van der Waals surface area contributed by atoms with Crippen molar-refractivity contribution in [3.63, 3.8) is 0 Å². The molecule has 0 aliphatic carbocycles. The molecule has 2 saturated heterocycles. The second-order valence-electron chi connectivity index (χ2n) is 7.72. The molecule has 0 bridgehead atoms. The van der Waals surface area contributed by atoms with E-state index in [0.29, 0.717) is 0 Å². The number of aliphatic hydroxyl groups is 2. The van der Waals surface area contributed by atoms with E-state index in [1.54, 1.807) is 13.8 Å². The molecule has 0 radical (unpaired) electrons. The maximum Gasteiger partial charge on any atom is 0.189 e. The Kier molecular flexibility index (Phi) is 5.26. The van der Waals surface area contributed by atoms with Gasteiger partial charge >= 0.3 is 0 Å². The first kappa shape index (κ1) is 19.5.